The first-order chi connectivity index (χ1) is 9.25. The summed E-state index contributed by atoms with van der Waals surface area (Å²) in [5, 5.41) is 17.3. The summed E-state index contributed by atoms with van der Waals surface area (Å²) in [7, 11) is 3.06. The minimum absolute atomic E-state index is 0.250. The van der Waals surface area contributed by atoms with Crippen molar-refractivity contribution >= 4 is 11.8 Å². The van der Waals surface area contributed by atoms with E-state index in [1.165, 1.54) is 31.1 Å². The van der Waals surface area contributed by atoms with Crippen LogP contribution in [0.25, 0.3) is 0 Å². The van der Waals surface area contributed by atoms with E-state index in [0.29, 0.717) is 0 Å². The maximum Gasteiger partial charge on any atom is 0.388 e. The first-order valence-electron chi connectivity index (χ1n) is 5.20. The van der Waals surface area contributed by atoms with Gasteiger partial charge in [0.1, 0.15) is 0 Å². The number of hydrazine groups is 2. The van der Waals surface area contributed by atoms with E-state index in [4.69, 9.17) is 0 Å². The Morgan fingerprint density at radius 1 is 0.900 bits per heavy atom. The predicted molar refractivity (Wildman–Crippen MR) is 64.6 cm³/mol. The Hall–Kier alpha value is -3.04. The van der Waals surface area contributed by atoms with Crippen LogP contribution in [0.15, 0.2) is 24.3 Å². The van der Waals surface area contributed by atoms with E-state index in [9.17, 15) is 29.8 Å². The summed E-state index contributed by atoms with van der Waals surface area (Å²) in [6.45, 7) is 0. The number of nitrogens with zero attached hydrogens (tertiary/aromatic N) is 4. The molecular formula is C10H10N4O6. The van der Waals surface area contributed by atoms with Crippen LogP contribution < -0.4 is 0 Å². The van der Waals surface area contributed by atoms with Gasteiger partial charge >= 0.3 is 5.91 Å². The summed E-state index contributed by atoms with van der Waals surface area (Å²) in [6.07, 6.45) is 0. The molecule has 2 amide bonds. The molecule has 0 radical (unpaired) electrons. The highest BCUT2D eigenvalue weighted by atomic mass is 16.8. The van der Waals surface area contributed by atoms with E-state index in [2.05, 4.69) is 0 Å². The Labute approximate surface area is 112 Å². The fraction of sp³-hybridized carbons (Fsp3) is 0.200. The quantitative estimate of drug-likeness (QED) is 0.573. The van der Waals surface area contributed by atoms with Gasteiger partial charge in [-0.1, -0.05) is 0 Å². The van der Waals surface area contributed by atoms with E-state index in [1.807, 2.05) is 0 Å². The first-order valence-corrected chi connectivity index (χ1v) is 5.20. The summed E-state index contributed by atoms with van der Waals surface area (Å²) < 4.78 is 0. The van der Waals surface area contributed by atoms with Crippen LogP contribution in [0.3, 0.4) is 0 Å². The van der Waals surface area contributed by atoms with E-state index in [0.717, 1.165) is 12.1 Å². The predicted octanol–water partition coefficient (Wildman–Crippen LogP) is 0.214. The third kappa shape index (κ3) is 3.04. The van der Waals surface area contributed by atoms with Crippen LogP contribution in [0.5, 0.6) is 0 Å². The lowest BCUT2D eigenvalue weighted by molar-refractivity contribution is -0.882. The number of nitro groups is 2. The molecule has 20 heavy (non-hydrogen) atoms. The number of carbonyl (C=O) groups excluding carboxylic acids is 2. The fourth-order valence-electron chi connectivity index (χ4n) is 1.34. The van der Waals surface area contributed by atoms with Gasteiger partial charge in [-0.05, 0) is 24.3 Å². The first kappa shape index (κ1) is 15.0. The zero-order valence-corrected chi connectivity index (χ0v) is 10.5. The van der Waals surface area contributed by atoms with Crippen LogP contribution in [0.2, 0.25) is 0 Å². The van der Waals surface area contributed by atoms with Gasteiger partial charge in [-0.15, -0.1) is 0 Å². The summed E-state index contributed by atoms with van der Waals surface area (Å²) in [6, 6.07) is 4.74. The second kappa shape index (κ2) is 5.73. The lowest BCUT2D eigenvalue weighted by Gasteiger charge is -2.10. The smallest absolute Gasteiger partial charge is 0.345 e. The molecule has 0 aliphatic carbocycles. The highest BCUT2D eigenvalue weighted by Crippen LogP contribution is 2.09. The van der Waals surface area contributed by atoms with Gasteiger partial charge in [0.25, 0.3) is 5.91 Å². The molecule has 0 heterocycles. The molecule has 1 aromatic carbocycles. The van der Waals surface area contributed by atoms with E-state index >= 15 is 0 Å². The van der Waals surface area contributed by atoms with Crippen LogP contribution in [0.4, 0.5) is 0 Å². The second-order valence-electron chi connectivity index (χ2n) is 3.85. The van der Waals surface area contributed by atoms with Gasteiger partial charge in [0, 0.05) is 19.7 Å². The van der Waals surface area contributed by atoms with Crippen molar-refractivity contribution in [2.24, 2.45) is 0 Å². The lowest BCUT2D eigenvalue weighted by atomic mass is 10.1. The topological polar surface area (TPSA) is 127 Å². The van der Waals surface area contributed by atoms with Gasteiger partial charge in [-0.2, -0.15) is 0 Å². The van der Waals surface area contributed by atoms with E-state index < -0.39 is 21.1 Å². The van der Waals surface area contributed by atoms with Crippen molar-refractivity contribution in [1.82, 2.24) is 10.0 Å². The maximum absolute atomic E-state index is 11.6. The molecular weight excluding hydrogens is 272 g/mol. The molecule has 0 aromatic heterocycles. The minimum atomic E-state index is -1.43. The molecule has 106 valence electrons. The van der Waals surface area contributed by atoms with Gasteiger partial charge in [0.05, 0.1) is 5.56 Å². The molecule has 0 fully saturated rings. The van der Waals surface area contributed by atoms with Crippen molar-refractivity contribution in [3.05, 3.63) is 55.6 Å². The summed E-state index contributed by atoms with van der Waals surface area (Å²) in [5.41, 5.74) is -0.0194. The van der Waals surface area contributed by atoms with Crippen LogP contribution in [0, 0.1) is 20.2 Å². The minimum Gasteiger partial charge on any atom is -0.345 e. The van der Waals surface area contributed by atoms with Crippen LogP contribution in [-0.4, -0.2) is 46.0 Å². The van der Waals surface area contributed by atoms with Crippen LogP contribution >= 0.6 is 0 Å². The number of amides is 2. The number of hydrogen-bond donors (Lipinski definition) is 0. The van der Waals surface area contributed by atoms with Crippen molar-refractivity contribution in [1.29, 1.82) is 0 Å². The van der Waals surface area contributed by atoms with Gasteiger partial charge in [0.2, 0.25) is 15.2 Å². The summed E-state index contributed by atoms with van der Waals surface area (Å²) >= 11 is 0. The Balaban J connectivity index is 3.04. The highest BCUT2D eigenvalue weighted by Gasteiger charge is 2.38. The Morgan fingerprint density at radius 2 is 1.25 bits per heavy atom. The Bertz CT molecular complexity index is 554. The largest absolute Gasteiger partial charge is 0.388 e. The van der Waals surface area contributed by atoms with Crippen molar-refractivity contribution in [3.63, 3.8) is 0 Å². The molecule has 0 saturated heterocycles. The molecule has 0 saturated carbocycles. The van der Waals surface area contributed by atoms with Gasteiger partial charge < -0.3 is 4.90 Å². The normalized spacial score (nSPS) is 9.70. The van der Waals surface area contributed by atoms with Crippen LogP contribution in [-0.2, 0) is 0 Å². The molecule has 0 bridgehead atoms. The number of benzene rings is 1. The second-order valence-corrected chi connectivity index (χ2v) is 3.85. The van der Waals surface area contributed by atoms with Crippen molar-refractivity contribution in [2.75, 3.05) is 14.1 Å². The number of rotatable bonds is 4. The molecule has 0 N–H and O–H groups in total. The zero-order valence-electron chi connectivity index (χ0n) is 10.5. The van der Waals surface area contributed by atoms with Gasteiger partial charge in [-0.3, -0.25) is 9.59 Å². The average molecular weight is 282 g/mol. The van der Waals surface area contributed by atoms with Crippen LogP contribution in [0.1, 0.15) is 20.7 Å². The molecule has 1 aromatic rings. The molecule has 10 nitrogen and oxygen atoms in total. The van der Waals surface area contributed by atoms with Crippen molar-refractivity contribution in [3.8, 4) is 0 Å². The van der Waals surface area contributed by atoms with E-state index in [1.54, 1.807) is 0 Å². The molecule has 0 spiro atoms. The Morgan fingerprint density at radius 3 is 1.55 bits per heavy atom. The number of hydrogen-bond acceptors (Lipinski definition) is 6. The van der Waals surface area contributed by atoms with Gasteiger partial charge in [-0.25, -0.2) is 20.2 Å². The molecule has 0 aliphatic rings. The fourth-order valence-corrected chi connectivity index (χ4v) is 1.34. The summed E-state index contributed by atoms with van der Waals surface area (Å²) in [4.78, 5) is 45.3. The SMILES string of the molecule is CN(C)C(=O)c1ccc(C(=O)N([N+](=O)[O-])[N+](=O)[O-])cc1. The standard InChI is InChI=1S/C10H10N4O6/c1-11(2)9(15)7-3-5-8(6-4-7)10(16)12(13(17)18)14(19)20/h3-6H,1-2H3. The zero-order chi connectivity index (χ0) is 15.4. The summed E-state index contributed by atoms with van der Waals surface area (Å²) in [5.74, 6) is -1.73. The molecule has 10 heteroatoms. The van der Waals surface area contributed by atoms with E-state index in [-0.39, 0.29) is 17.0 Å². The number of carbonyl (C=O) groups is 2. The molecule has 0 atom stereocenters. The molecule has 0 unspecified atom stereocenters. The third-order valence-corrected chi connectivity index (χ3v) is 2.28. The molecule has 0 aliphatic heterocycles. The van der Waals surface area contributed by atoms with Gasteiger partial charge in [0.15, 0.2) is 0 Å². The van der Waals surface area contributed by atoms with Crippen molar-refractivity contribution < 1.29 is 19.7 Å². The third-order valence-electron chi connectivity index (χ3n) is 2.28. The monoisotopic (exact) mass is 282 g/mol. The Kier molecular flexibility index (Phi) is 4.31. The lowest BCUT2D eigenvalue weighted by Crippen LogP contribution is -2.40. The van der Waals surface area contributed by atoms with Crippen molar-refractivity contribution in [2.45, 2.75) is 0 Å². The molecule has 1 rings (SSSR count). The maximum atomic E-state index is 11.6. The highest BCUT2D eigenvalue weighted by molar-refractivity contribution is 5.96. The average Bonchev–Trinajstić information content (AvgIpc) is 2.37.